The summed E-state index contributed by atoms with van der Waals surface area (Å²) in [6, 6.07) is 6.50. The first-order valence-electron chi connectivity index (χ1n) is 9.73. The van der Waals surface area contributed by atoms with Crippen LogP contribution in [0.15, 0.2) is 24.3 Å². The number of halogens is 1. The maximum atomic E-state index is 13.1. The zero-order chi connectivity index (χ0) is 17.7. The smallest absolute Gasteiger partial charge is 0.222 e. The van der Waals surface area contributed by atoms with E-state index in [0.717, 1.165) is 37.3 Å². The van der Waals surface area contributed by atoms with Crippen LogP contribution in [-0.4, -0.2) is 35.6 Å². The maximum Gasteiger partial charge on any atom is 0.222 e. The van der Waals surface area contributed by atoms with Crippen molar-refractivity contribution in [2.45, 2.75) is 57.8 Å². The number of hydrogen-bond donors (Lipinski definition) is 1. The molecule has 0 radical (unpaired) electrons. The van der Waals surface area contributed by atoms with E-state index in [1.165, 1.54) is 37.8 Å². The highest BCUT2D eigenvalue weighted by atomic mass is 19.1. The van der Waals surface area contributed by atoms with Crippen molar-refractivity contribution < 1.29 is 14.3 Å². The van der Waals surface area contributed by atoms with Crippen LogP contribution in [0.5, 0.6) is 0 Å². The molecule has 3 nitrogen and oxygen atoms in total. The van der Waals surface area contributed by atoms with E-state index in [1.54, 1.807) is 12.1 Å². The third-order valence-electron chi connectivity index (χ3n) is 6.08. The molecule has 138 valence electrons. The molecule has 1 atom stereocenters. The molecule has 2 aliphatic rings. The molecule has 1 N–H and O–H groups in total. The van der Waals surface area contributed by atoms with Gasteiger partial charge >= 0.3 is 0 Å². The molecular weight excluding hydrogens is 317 g/mol. The largest absolute Gasteiger partial charge is 0.396 e. The van der Waals surface area contributed by atoms with Crippen LogP contribution in [0.4, 0.5) is 4.39 Å². The third-order valence-corrected chi connectivity index (χ3v) is 6.08. The van der Waals surface area contributed by atoms with Crippen molar-refractivity contribution in [1.82, 2.24) is 4.90 Å². The predicted octanol–water partition coefficient (Wildman–Crippen LogP) is 3.94. The predicted molar refractivity (Wildman–Crippen MR) is 96.6 cm³/mol. The molecule has 25 heavy (non-hydrogen) atoms. The van der Waals surface area contributed by atoms with Gasteiger partial charge in [-0.2, -0.15) is 0 Å². The molecule has 1 aromatic rings. The fraction of sp³-hybridized carbons (Fsp3) is 0.667. The summed E-state index contributed by atoms with van der Waals surface area (Å²) < 4.78 is 13.1. The summed E-state index contributed by atoms with van der Waals surface area (Å²) >= 11 is 0. The molecule has 1 heterocycles. The van der Waals surface area contributed by atoms with Gasteiger partial charge in [-0.25, -0.2) is 4.39 Å². The zero-order valence-corrected chi connectivity index (χ0v) is 15.1. The van der Waals surface area contributed by atoms with Crippen LogP contribution in [0.2, 0.25) is 0 Å². The van der Waals surface area contributed by atoms with Gasteiger partial charge in [0.1, 0.15) is 5.82 Å². The fourth-order valence-electron chi connectivity index (χ4n) is 4.57. The van der Waals surface area contributed by atoms with Gasteiger partial charge in [0.15, 0.2) is 0 Å². The van der Waals surface area contributed by atoms with Gasteiger partial charge in [-0.15, -0.1) is 0 Å². The van der Waals surface area contributed by atoms with Crippen molar-refractivity contribution >= 4 is 5.91 Å². The molecule has 1 saturated carbocycles. The van der Waals surface area contributed by atoms with Crippen LogP contribution in [0.1, 0.15) is 56.9 Å². The number of carbonyl (C=O) groups is 1. The lowest BCUT2D eigenvalue weighted by Gasteiger charge is -2.42. The van der Waals surface area contributed by atoms with E-state index in [1.807, 2.05) is 4.90 Å². The minimum Gasteiger partial charge on any atom is -0.396 e. The number of carbonyl (C=O) groups excluding carboxylic acids is 1. The van der Waals surface area contributed by atoms with E-state index in [4.69, 9.17) is 0 Å². The quantitative estimate of drug-likeness (QED) is 0.847. The highest BCUT2D eigenvalue weighted by Crippen LogP contribution is 2.34. The molecule has 0 aromatic heterocycles. The lowest BCUT2D eigenvalue weighted by molar-refractivity contribution is -0.135. The van der Waals surface area contributed by atoms with Gasteiger partial charge in [0, 0.05) is 24.9 Å². The highest BCUT2D eigenvalue weighted by molar-refractivity contribution is 5.76. The minimum absolute atomic E-state index is 0.0663. The molecular formula is C21H30FNO2. The first-order valence-corrected chi connectivity index (χ1v) is 9.73. The first-order chi connectivity index (χ1) is 12.1. The van der Waals surface area contributed by atoms with Gasteiger partial charge in [-0.1, -0.05) is 37.8 Å². The van der Waals surface area contributed by atoms with Crippen LogP contribution in [0.3, 0.4) is 0 Å². The number of hydrogen-bond acceptors (Lipinski definition) is 2. The van der Waals surface area contributed by atoms with E-state index in [9.17, 15) is 14.3 Å². The second-order valence-electron chi connectivity index (χ2n) is 8.07. The molecule has 1 unspecified atom stereocenters. The van der Waals surface area contributed by atoms with Crippen molar-refractivity contribution in [3.05, 3.63) is 35.6 Å². The molecule has 0 bridgehead atoms. The summed E-state index contributed by atoms with van der Waals surface area (Å²) in [6.45, 7) is 1.48. The monoisotopic (exact) mass is 347 g/mol. The van der Waals surface area contributed by atoms with Gasteiger partial charge in [-0.05, 0) is 49.3 Å². The average Bonchev–Trinajstić information content (AvgIpc) is 3.15. The molecule has 0 spiro atoms. The molecule has 3 rings (SSSR count). The molecule has 1 saturated heterocycles. The molecule has 4 heteroatoms. The summed E-state index contributed by atoms with van der Waals surface area (Å²) in [4.78, 5) is 14.6. The summed E-state index contributed by atoms with van der Waals surface area (Å²) in [6.07, 6.45) is 9.36. The van der Waals surface area contributed by atoms with Crippen molar-refractivity contribution in [3.8, 4) is 0 Å². The minimum atomic E-state index is -0.293. The Labute approximate surface area is 150 Å². The van der Waals surface area contributed by atoms with Crippen molar-refractivity contribution in [1.29, 1.82) is 0 Å². The van der Waals surface area contributed by atoms with Crippen LogP contribution in [-0.2, 0) is 11.2 Å². The van der Waals surface area contributed by atoms with Crippen LogP contribution in [0.25, 0.3) is 0 Å². The summed E-state index contributed by atoms with van der Waals surface area (Å²) in [5.74, 6) is 0.730. The lowest BCUT2D eigenvalue weighted by atomic mass is 9.75. The van der Waals surface area contributed by atoms with E-state index in [0.29, 0.717) is 19.4 Å². The Hall–Kier alpha value is -1.42. The fourth-order valence-corrected chi connectivity index (χ4v) is 4.57. The maximum absolute atomic E-state index is 13.1. The molecule has 1 aliphatic carbocycles. The normalized spacial score (nSPS) is 24.6. The zero-order valence-electron chi connectivity index (χ0n) is 15.1. The van der Waals surface area contributed by atoms with Crippen molar-refractivity contribution in [2.24, 2.45) is 11.3 Å². The SMILES string of the molecule is O=C(CCC1CCCC1)N1CCCC(CO)(Cc2ccc(F)cc2)C1. The number of aliphatic hydroxyl groups excluding tert-OH is 1. The number of nitrogens with zero attached hydrogens (tertiary/aromatic N) is 1. The number of likely N-dealkylation sites (tertiary alicyclic amines) is 1. The number of amides is 1. The van der Waals surface area contributed by atoms with E-state index in [2.05, 4.69) is 0 Å². The number of piperidine rings is 1. The second kappa shape index (κ2) is 8.31. The summed E-state index contributed by atoms with van der Waals surface area (Å²) in [5.41, 5.74) is 0.731. The third kappa shape index (κ3) is 4.81. The Bertz CT molecular complexity index is 568. The summed E-state index contributed by atoms with van der Waals surface area (Å²) in [7, 11) is 0. The van der Waals surface area contributed by atoms with Gasteiger partial charge in [0.2, 0.25) is 5.91 Å². The van der Waals surface area contributed by atoms with Gasteiger partial charge in [0.25, 0.3) is 0 Å². The van der Waals surface area contributed by atoms with Crippen LogP contribution >= 0.6 is 0 Å². The topological polar surface area (TPSA) is 40.5 Å². The van der Waals surface area contributed by atoms with E-state index < -0.39 is 0 Å². The Morgan fingerprint density at radius 3 is 2.60 bits per heavy atom. The summed E-state index contributed by atoms with van der Waals surface area (Å²) in [5, 5.41) is 10.0. The molecule has 1 aliphatic heterocycles. The number of rotatable bonds is 6. The van der Waals surface area contributed by atoms with Gasteiger partial charge < -0.3 is 10.0 Å². The van der Waals surface area contributed by atoms with Crippen molar-refractivity contribution in [3.63, 3.8) is 0 Å². The highest BCUT2D eigenvalue weighted by Gasteiger charge is 2.36. The number of aliphatic hydroxyl groups is 1. The van der Waals surface area contributed by atoms with Crippen LogP contribution < -0.4 is 0 Å². The standard InChI is InChI=1S/C21H30FNO2/c22-19-9-6-18(7-10-19)14-21(16-24)12-3-13-23(15-21)20(25)11-8-17-4-1-2-5-17/h6-7,9-10,17,24H,1-5,8,11-16H2. The van der Waals surface area contributed by atoms with Gasteiger partial charge in [0.05, 0.1) is 6.61 Å². The van der Waals surface area contributed by atoms with Gasteiger partial charge in [-0.3, -0.25) is 4.79 Å². The lowest BCUT2D eigenvalue weighted by Crippen LogP contribution is -2.49. The number of benzene rings is 1. The second-order valence-corrected chi connectivity index (χ2v) is 8.07. The van der Waals surface area contributed by atoms with E-state index in [-0.39, 0.29) is 23.7 Å². The Morgan fingerprint density at radius 1 is 1.20 bits per heavy atom. The Balaban J connectivity index is 1.58. The Kier molecular flexibility index (Phi) is 6.10. The molecule has 1 amide bonds. The van der Waals surface area contributed by atoms with Crippen molar-refractivity contribution in [2.75, 3.05) is 19.7 Å². The Morgan fingerprint density at radius 2 is 1.92 bits per heavy atom. The van der Waals surface area contributed by atoms with Crippen LogP contribution in [0, 0.1) is 17.2 Å². The average molecular weight is 347 g/mol. The van der Waals surface area contributed by atoms with E-state index >= 15 is 0 Å². The molecule has 1 aromatic carbocycles. The molecule has 2 fully saturated rings. The first kappa shape index (κ1) is 18.4.